The SMILES string of the molecule is CC(=O)CC1=NCCCCNC(C)(C)C1. The lowest BCUT2D eigenvalue weighted by Gasteiger charge is -2.26. The number of nitrogens with one attached hydrogen (secondary N) is 1. The van der Waals surface area contributed by atoms with Gasteiger partial charge in [-0.15, -0.1) is 0 Å². The standard InChI is InChI=1S/C12H22N2O/c1-10(15)8-11-9-12(2,3)14-7-5-4-6-13-11/h14H,4-9H2,1-3H3. The summed E-state index contributed by atoms with van der Waals surface area (Å²) in [5.74, 6) is 0.212. The smallest absolute Gasteiger partial charge is 0.135 e. The number of carbonyl (C=O) groups is 1. The average Bonchev–Trinajstić information content (AvgIpc) is 2.14. The van der Waals surface area contributed by atoms with Gasteiger partial charge < -0.3 is 5.32 Å². The molecule has 1 aliphatic heterocycles. The molecular formula is C12H22N2O. The van der Waals surface area contributed by atoms with E-state index in [2.05, 4.69) is 24.2 Å². The van der Waals surface area contributed by atoms with Gasteiger partial charge in [-0.2, -0.15) is 0 Å². The Labute approximate surface area is 92.4 Å². The molecule has 0 amide bonds. The fourth-order valence-corrected chi connectivity index (χ4v) is 1.94. The number of Topliss-reactive ketones (excluding diaryl/α,β-unsaturated/α-hetero) is 1. The second-order valence-corrected chi connectivity index (χ2v) is 5.02. The lowest BCUT2D eigenvalue weighted by Crippen LogP contribution is -2.41. The first kappa shape index (κ1) is 12.4. The topological polar surface area (TPSA) is 41.5 Å². The van der Waals surface area contributed by atoms with E-state index in [9.17, 15) is 4.79 Å². The number of hydrogen-bond donors (Lipinski definition) is 1. The van der Waals surface area contributed by atoms with Crippen molar-refractivity contribution in [2.75, 3.05) is 13.1 Å². The van der Waals surface area contributed by atoms with E-state index in [1.54, 1.807) is 6.92 Å². The molecule has 0 aliphatic carbocycles. The summed E-state index contributed by atoms with van der Waals surface area (Å²) >= 11 is 0. The van der Waals surface area contributed by atoms with Gasteiger partial charge in [-0.1, -0.05) is 0 Å². The van der Waals surface area contributed by atoms with Crippen LogP contribution in [0.25, 0.3) is 0 Å². The average molecular weight is 210 g/mol. The van der Waals surface area contributed by atoms with Crippen LogP contribution in [0.3, 0.4) is 0 Å². The zero-order chi connectivity index (χ0) is 11.3. The molecule has 0 spiro atoms. The Morgan fingerprint density at radius 2 is 2.20 bits per heavy atom. The summed E-state index contributed by atoms with van der Waals surface area (Å²) in [6.07, 6.45) is 3.68. The van der Waals surface area contributed by atoms with Gasteiger partial charge in [-0.3, -0.25) is 9.79 Å². The van der Waals surface area contributed by atoms with Crippen molar-refractivity contribution >= 4 is 11.5 Å². The van der Waals surface area contributed by atoms with E-state index in [0.717, 1.165) is 31.6 Å². The minimum absolute atomic E-state index is 0.0681. The Bertz CT molecular complexity index is 256. The van der Waals surface area contributed by atoms with Gasteiger partial charge in [-0.25, -0.2) is 0 Å². The Kier molecular flexibility index (Phi) is 4.45. The van der Waals surface area contributed by atoms with Crippen LogP contribution in [-0.4, -0.2) is 30.1 Å². The first-order valence-electron chi connectivity index (χ1n) is 5.76. The highest BCUT2D eigenvalue weighted by Gasteiger charge is 2.21. The van der Waals surface area contributed by atoms with Crippen molar-refractivity contribution < 1.29 is 4.79 Å². The number of ketones is 1. The van der Waals surface area contributed by atoms with Crippen molar-refractivity contribution in [1.29, 1.82) is 0 Å². The lowest BCUT2D eigenvalue weighted by atomic mass is 9.95. The molecule has 0 saturated carbocycles. The maximum Gasteiger partial charge on any atom is 0.135 e. The van der Waals surface area contributed by atoms with Gasteiger partial charge in [0.2, 0.25) is 0 Å². The molecule has 1 N–H and O–H groups in total. The highest BCUT2D eigenvalue weighted by atomic mass is 16.1. The van der Waals surface area contributed by atoms with Gasteiger partial charge >= 0.3 is 0 Å². The second-order valence-electron chi connectivity index (χ2n) is 5.02. The molecule has 0 fully saturated rings. The predicted molar refractivity (Wildman–Crippen MR) is 63.5 cm³/mol. The summed E-state index contributed by atoms with van der Waals surface area (Å²) in [5, 5.41) is 3.51. The number of aliphatic imine (C=N–C) groups is 1. The number of hydrogen-bond acceptors (Lipinski definition) is 3. The molecule has 1 rings (SSSR count). The van der Waals surface area contributed by atoms with Gasteiger partial charge in [0.25, 0.3) is 0 Å². The fraction of sp³-hybridized carbons (Fsp3) is 0.833. The van der Waals surface area contributed by atoms with Crippen molar-refractivity contribution in [1.82, 2.24) is 5.32 Å². The predicted octanol–water partition coefficient (Wildman–Crippen LogP) is 1.96. The number of nitrogens with zero attached hydrogens (tertiary/aromatic N) is 1. The van der Waals surface area contributed by atoms with Crippen LogP contribution in [0.15, 0.2) is 4.99 Å². The van der Waals surface area contributed by atoms with Crippen molar-refractivity contribution in [2.45, 2.75) is 52.0 Å². The van der Waals surface area contributed by atoms with Crippen LogP contribution < -0.4 is 5.32 Å². The van der Waals surface area contributed by atoms with E-state index in [0.29, 0.717) is 6.42 Å². The molecule has 15 heavy (non-hydrogen) atoms. The highest BCUT2D eigenvalue weighted by Crippen LogP contribution is 2.14. The van der Waals surface area contributed by atoms with Crippen LogP contribution >= 0.6 is 0 Å². The molecular weight excluding hydrogens is 188 g/mol. The van der Waals surface area contributed by atoms with E-state index >= 15 is 0 Å². The number of rotatable bonds is 2. The molecule has 1 aliphatic rings. The molecule has 0 saturated heterocycles. The van der Waals surface area contributed by atoms with Crippen LogP contribution in [0.5, 0.6) is 0 Å². The first-order valence-corrected chi connectivity index (χ1v) is 5.76. The molecule has 0 radical (unpaired) electrons. The van der Waals surface area contributed by atoms with Crippen molar-refractivity contribution in [3.05, 3.63) is 0 Å². The molecule has 0 aromatic heterocycles. The molecule has 0 atom stereocenters. The third-order valence-corrected chi connectivity index (χ3v) is 2.62. The van der Waals surface area contributed by atoms with Crippen LogP contribution in [-0.2, 0) is 4.79 Å². The quantitative estimate of drug-likeness (QED) is 0.757. The summed E-state index contributed by atoms with van der Waals surface area (Å²) in [4.78, 5) is 15.6. The van der Waals surface area contributed by atoms with Gasteiger partial charge in [0.15, 0.2) is 0 Å². The van der Waals surface area contributed by atoms with E-state index in [1.807, 2.05) is 0 Å². The summed E-state index contributed by atoms with van der Waals surface area (Å²) in [7, 11) is 0. The van der Waals surface area contributed by atoms with E-state index in [4.69, 9.17) is 0 Å². The number of carbonyl (C=O) groups excluding carboxylic acids is 1. The Balaban J connectivity index is 2.67. The summed E-state index contributed by atoms with van der Waals surface area (Å²) < 4.78 is 0. The highest BCUT2D eigenvalue weighted by molar-refractivity contribution is 6.01. The fourth-order valence-electron chi connectivity index (χ4n) is 1.94. The van der Waals surface area contributed by atoms with E-state index < -0.39 is 0 Å². The van der Waals surface area contributed by atoms with Gasteiger partial charge in [-0.05, 0) is 40.2 Å². The van der Waals surface area contributed by atoms with Crippen LogP contribution in [0.1, 0.15) is 46.5 Å². The largest absolute Gasteiger partial charge is 0.311 e. The first-order chi connectivity index (χ1) is 6.99. The van der Waals surface area contributed by atoms with E-state index in [-0.39, 0.29) is 11.3 Å². The zero-order valence-corrected chi connectivity index (χ0v) is 10.1. The minimum Gasteiger partial charge on any atom is -0.311 e. The summed E-state index contributed by atoms with van der Waals surface area (Å²) in [6, 6.07) is 0. The molecule has 0 unspecified atom stereocenters. The molecule has 3 nitrogen and oxygen atoms in total. The monoisotopic (exact) mass is 210 g/mol. The summed E-state index contributed by atoms with van der Waals surface area (Å²) in [6.45, 7) is 7.91. The van der Waals surface area contributed by atoms with Crippen molar-refractivity contribution in [3.63, 3.8) is 0 Å². The molecule has 1 heterocycles. The molecule has 0 aromatic rings. The van der Waals surface area contributed by atoms with Crippen LogP contribution in [0.4, 0.5) is 0 Å². The van der Waals surface area contributed by atoms with Crippen LogP contribution in [0, 0.1) is 0 Å². The Morgan fingerprint density at radius 3 is 2.87 bits per heavy atom. The molecule has 0 bridgehead atoms. The van der Waals surface area contributed by atoms with Gasteiger partial charge in [0.1, 0.15) is 5.78 Å². The maximum atomic E-state index is 11.1. The van der Waals surface area contributed by atoms with Crippen molar-refractivity contribution in [3.8, 4) is 0 Å². The molecule has 0 aromatic carbocycles. The van der Waals surface area contributed by atoms with E-state index in [1.165, 1.54) is 6.42 Å². The Hall–Kier alpha value is -0.700. The third kappa shape index (κ3) is 5.07. The zero-order valence-electron chi connectivity index (χ0n) is 10.1. The maximum absolute atomic E-state index is 11.1. The Morgan fingerprint density at radius 1 is 1.47 bits per heavy atom. The normalized spacial score (nSPS) is 22.2. The van der Waals surface area contributed by atoms with Crippen LogP contribution in [0.2, 0.25) is 0 Å². The van der Waals surface area contributed by atoms with Gasteiger partial charge in [0.05, 0.1) is 0 Å². The van der Waals surface area contributed by atoms with Gasteiger partial charge in [0, 0.05) is 30.6 Å². The van der Waals surface area contributed by atoms with Crippen molar-refractivity contribution in [2.24, 2.45) is 4.99 Å². The third-order valence-electron chi connectivity index (χ3n) is 2.62. The molecule has 86 valence electrons. The second kappa shape index (κ2) is 5.40. The molecule has 3 heteroatoms. The minimum atomic E-state index is 0.0681. The lowest BCUT2D eigenvalue weighted by molar-refractivity contribution is -0.115. The summed E-state index contributed by atoms with van der Waals surface area (Å²) in [5.41, 5.74) is 1.13.